The Morgan fingerprint density at radius 1 is 1.30 bits per heavy atom. The van der Waals surface area contributed by atoms with Gasteiger partial charge in [0.15, 0.2) is 6.04 Å². The smallest absolute Gasteiger partial charge is 0.417 e. The summed E-state index contributed by atoms with van der Waals surface area (Å²) < 4.78 is 15.7. The minimum absolute atomic E-state index is 0.164. The van der Waals surface area contributed by atoms with Crippen LogP contribution in [0.4, 0.5) is 4.79 Å². The number of hydrogen-bond acceptors (Lipinski definition) is 7. The molecular weight excluding hydrogens is 521 g/mol. The number of rotatable bonds is 5. The average Bonchev–Trinajstić information content (AvgIpc) is 2.74. The number of carbonyl (C=O) groups excluding carboxylic acids is 3. The Morgan fingerprint density at radius 2 is 1.91 bits per heavy atom. The largest absolute Gasteiger partial charge is 0.477 e. The van der Waals surface area contributed by atoms with Crippen LogP contribution in [-0.4, -0.2) is 70.6 Å². The quantitative estimate of drug-likeness (QED) is 0.425. The molecule has 178 valence electrons. The Morgan fingerprint density at radius 3 is 2.45 bits per heavy atom. The fourth-order valence-corrected chi connectivity index (χ4v) is 5.42. The van der Waals surface area contributed by atoms with Gasteiger partial charge >= 0.3 is 12.1 Å². The summed E-state index contributed by atoms with van der Waals surface area (Å²) in [6.07, 6.45) is -1.35. The number of fused-ring (bicyclic) bond motifs is 1. The molecule has 1 aromatic carbocycles. The van der Waals surface area contributed by atoms with E-state index in [2.05, 4.69) is 0 Å². The van der Waals surface area contributed by atoms with E-state index in [9.17, 15) is 28.5 Å². The molecule has 14 heteroatoms. The van der Waals surface area contributed by atoms with E-state index in [0.717, 1.165) is 4.90 Å². The van der Waals surface area contributed by atoms with Gasteiger partial charge in [0.25, 0.3) is 11.8 Å². The van der Waals surface area contributed by atoms with Gasteiger partial charge in [0.05, 0.1) is 10.8 Å². The predicted octanol–water partition coefficient (Wildman–Crippen LogP) is 1.68. The second-order valence-electron chi connectivity index (χ2n) is 7.27. The van der Waals surface area contributed by atoms with Crippen molar-refractivity contribution in [2.24, 2.45) is 5.73 Å². The molecule has 3 amide bonds. The van der Waals surface area contributed by atoms with Crippen molar-refractivity contribution in [3.8, 4) is 0 Å². The summed E-state index contributed by atoms with van der Waals surface area (Å²) in [6, 6.07) is 5.00. The van der Waals surface area contributed by atoms with Crippen molar-refractivity contribution in [3.05, 3.63) is 47.2 Å². The Labute approximate surface area is 205 Å². The van der Waals surface area contributed by atoms with Gasteiger partial charge in [-0.25, -0.2) is 14.5 Å². The lowest BCUT2D eigenvalue weighted by atomic mass is 9.99. The maximum atomic E-state index is 13.3. The first-order chi connectivity index (χ1) is 15.3. The molecule has 10 nitrogen and oxygen atoms in total. The normalized spacial score (nSPS) is 23.4. The van der Waals surface area contributed by atoms with Gasteiger partial charge in [-0.2, -0.15) is 0 Å². The van der Waals surface area contributed by atoms with E-state index >= 15 is 0 Å². The topological polar surface area (TPSA) is 147 Å². The summed E-state index contributed by atoms with van der Waals surface area (Å²) in [5.74, 6) is -3.53. The van der Waals surface area contributed by atoms with Crippen molar-refractivity contribution < 1.29 is 33.2 Å². The number of amides is 3. The van der Waals surface area contributed by atoms with E-state index in [1.807, 2.05) is 0 Å². The van der Waals surface area contributed by atoms with Crippen molar-refractivity contribution >= 4 is 69.5 Å². The summed E-state index contributed by atoms with van der Waals surface area (Å²) in [5.41, 5.74) is 6.24. The second-order valence-corrected chi connectivity index (χ2v) is 11.3. The monoisotopic (exact) mass is 537 g/mol. The van der Waals surface area contributed by atoms with Crippen molar-refractivity contribution in [1.82, 2.24) is 9.80 Å². The van der Waals surface area contributed by atoms with Gasteiger partial charge < -0.3 is 15.6 Å². The zero-order valence-electron chi connectivity index (χ0n) is 16.9. The minimum Gasteiger partial charge on any atom is -0.477 e. The number of benzene rings is 1. The average molecular weight is 539 g/mol. The lowest BCUT2D eigenvalue weighted by Crippen LogP contribution is -2.75. The SMILES string of the molecule is CC1=C(C(=O)O)N2C(=O)[C@@H](N(C(=O)OCC(Cl)(Cl)Cl)C(=O)[C@H](N)c3ccccc3)[C@H]2[S@](=O)C1. The molecule has 0 saturated carbocycles. The van der Waals surface area contributed by atoms with Crippen LogP contribution in [0, 0.1) is 0 Å². The van der Waals surface area contributed by atoms with Gasteiger partial charge in [-0.3, -0.25) is 18.7 Å². The Kier molecular flexibility index (Phi) is 7.39. The zero-order valence-corrected chi connectivity index (χ0v) is 20.0. The predicted molar refractivity (Wildman–Crippen MR) is 120 cm³/mol. The van der Waals surface area contributed by atoms with Crippen LogP contribution >= 0.6 is 34.8 Å². The molecule has 2 aliphatic rings. The van der Waals surface area contributed by atoms with Crippen LogP contribution in [-0.2, 0) is 29.9 Å². The molecule has 0 radical (unpaired) electrons. The number of nitrogens with two attached hydrogens (primary N) is 1. The van der Waals surface area contributed by atoms with Crippen molar-refractivity contribution in [3.63, 3.8) is 0 Å². The third-order valence-corrected chi connectivity index (χ3v) is 7.04. The summed E-state index contributed by atoms with van der Waals surface area (Å²) in [6.45, 7) is 0.681. The molecule has 2 heterocycles. The first-order valence-electron chi connectivity index (χ1n) is 9.35. The van der Waals surface area contributed by atoms with Crippen LogP contribution in [0.3, 0.4) is 0 Å². The molecule has 0 unspecified atom stereocenters. The van der Waals surface area contributed by atoms with Crippen molar-refractivity contribution in [2.75, 3.05) is 12.4 Å². The minimum atomic E-state index is -2.01. The zero-order chi connectivity index (χ0) is 24.7. The van der Waals surface area contributed by atoms with Crippen LogP contribution < -0.4 is 5.73 Å². The third kappa shape index (κ3) is 5.02. The molecule has 1 aromatic rings. The molecule has 2 aliphatic heterocycles. The van der Waals surface area contributed by atoms with Crippen LogP contribution in [0.5, 0.6) is 0 Å². The Bertz CT molecular complexity index is 1060. The summed E-state index contributed by atoms with van der Waals surface area (Å²) in [5, 5.41) is 8.21. The van der Waals surface area contributed by atoms with Gasteiger partial charge in [-0.15, -0.1) is 0 Å². The molecule has 1 fully saturated rings. The summed E-state index contributed by atoms with van der Waals surface area (Å²) in [7, 11) is -1.82. The number of nitrogens with zero attached hydrogens (tertiary/aromatic N) is 2. The number of alkyl halides is 3. The number of hydrogen-bond donors (Lipinski definition) is 2. The number of carboxylic acid groups (broad SMARTS) is 1. The Balaban J connectivity index is 1.99. The molecule has 0 spiro atoms. The number of carboxylic acids is 1. The highest BCUT2D eigenvalue weighted by Gasteiger charge is 2.61. The fraction of sp³-hybridized carbons (Fsp3) is 0.368. The number of imide groups is 1. The standard InChI is InChI=1S/C19H18Cl3N3O7S/c1-9-7-33(31)16-13(15(27)24(16)12(9)17(28)29)25(18(30)32-8-19(20,21)22)14(26)11(23)10-5-3-2-4-6-10/h2-6,11,13,16H,7-8,23H2,1H3,(H,28,29)/t11-,13-,16-,33-/m1/s1. The van der Waals surface area contributed by atoms with Crippen molar-refractivity contribution in [1.29, 1.82) is 0 Å². The van der Waals surface area contributed by atoms with Crippen LogP contribution in [0.1, 0.15) is 18.5 Å². The molecule has 0 aliphatic carbocycles. The molecule has 0 bridgehead atoms. The van der Waals surface area contributed by atoms with Gasteiger partial charge in [-0.1, -0.05) is 65.1 Å². The van der Waals surface area contributed by atoms with Gasteiger partial charge in [0, 0.05) is 5.75 Å². The Hall–Kier alpha value is -2.18. The number of aliphatic carboxylic acids is 1. The highest BCUT2D eigenvalue weighted by atomic mass is 35.6. The number of ether oxygens (including phenoxy) is 1. The molecule has 1 saturated heterocycles. The number of halogens is 3. The second kappa shape index (κ2) is 9.59. The highest BCUT2D eigenvalue weighted by Crippen LogP contribution is 2.38. The van der Waals surface area contributed by atoms with E-state index in [-0.39, 0.29) is 17.0 Å². The molecule has 4 atom stereocenters. The van der Waals surface area contributed by atoms with E-state index in [4.69, 9.17) is 45.3 Å². The fourth-order valence-electron chi connectivity index (χ4n) is 3.55. The molecule has 3 rings (SSSR count). The summed E-state index contributed by atoms with van der Waals surface area (Å²) in [4.78, 5) is 52.0. The highest BCUT2D eigenvalue weighted by molar-refractivity contribution is 7.86. The van der Waals surface area contributed by atoms with E-state index in [1.54, 1.807) is 18.2 Å². The van der Waals surface area contributed by atoms with Gasteiger partial charge in [0.1, 0.15) is 23.7 Å². The number of β-lactam (4-membered cyclic amide) rings is 1. The van der Waals surface area contributed by atoms with Gasteiger partial charge in [0.2, 0.25) is 3.79 Å². The maximum Gasteiger partial charge on any atom is 0.417 e. The maximum absolute atomic E-state index is 13.3. The van der Waals surface area contributed by atoms with E-state index in [0.29, 0.717) is 10.5 Å². The van der Waals surface area contributed by atoms with E-state index in [1.165, 1.54) is 19.1 Å². The molecule has 3 N–H and O–H groups in total. The first kappa shape index (κ1) is 25.4. The molecule has 33 heavy (non-hydrogen) atoms. The van der Waals surface area contributed by atoms with Crippen molar-refractivity contribution in [2.45, 2.75) is 28.2 Å². The van der Waals surface area contributed by atoms with Crippen LogP contribution in [0.25, 0.3) is 0 Å². The molecule has 0 aromatic heterocycles. The lowest BCUT2D eigenvalue weighted by Gasteiger charge is -2.51. The lowest BCUT2D eigenvalue weighted by molar-refractivity contribution is -0.158. The van der Waals surface area contributed by atoms with Crippen LogP contribution in [0.15, 0.2) is 41.6 Å². The van der Waals surface area contributed by atoms with Crippen LogP contribution in [0.2, 0.25) is 0 Å². The number of carbonyl (C=O) groups is 4. The third-order valence-electron chi connectivity index (χ3n) is 4.99. The first-order valence-corrected chi connectivity index (χ1v) is 11.9. The summed E-state index contributed by atoms with van der Waals surface area (Å²) >= 11 is 16.8. The van der Waals surface area contributed by atoms with E-state index < -0.39 is 62.5 Å². The van der Waals surface area contributed by atoms with Gasteiger partial charge in [-0.05, 0) is 18.1 Å². The molecular formula is C19H18Cl3N3O7S.